The van der Waals surface area contributed by atoms with E-state index in [-0.39, 0.29) is 12.5 Å². The van der Waals surface area contributed by atoms with Crippen LogP contribution in [-0.4, -0.2) is 28.5 Å². The van der Waals surface area contributed by atoms with E-state index >= 15 is 0 Å². The minimum absolute atomic E-state index is 0.0375. The first kappa shape index (κ1) is 20.6. The van der Waals surface area contributed by atoms with Gasteiger partial charge in [-0.15, -0.1) is 6.58 Å². The summed E-state index contributed by atoms with van der Waals surface area (Å²) >= 11 is 0. The average molecular weight is 389 g/mol. The van der Waals surface area contributed by atoms with Gasteiger partial charge in [0.05, 0.1) is 13.2 Å². The minimum atomic E-state index is -0.0375. The Morgan fingerprint density at radius 1 is 1.07 bits per heavy atom. The summed E-state index contributed by atoms with van der Waals surface area (Å²) in [6.45, 7) is 8.21. The first-order valence-corrected chi connectivity index (χ1v) is 9.86. The second-order valence-corrected chi connectivity index (χ2v) is 7.10. The molecule has 1 heterocycles. The molecular weight excluding hydrogens is 360 g/mol. The molecule has 0 radical (unpaired) electrons. The van der Waals surface area contributed by atoms with Crippen molar-refractivity contribution < 1.29 is 9.53 Å². The fraction of sp³-hybridized carbons (Fsp3) is 0.240. The van der Waals surface area contributed by atoms with Crippen LogP contribution in [-0.2, 0) is 29.2 Å². The Balaban J connectivity index is 1.61. The van der Waals surface area contributed by atoms with Gasteiger partial charge in [0.25, 0.3) is 0 Å². The number of hydrogen-bond donors (Lipinski definition) is 0. The van der Waals surface area contributed by atoms with Crippen molar-refractivity contribution in [3.63, 3.8) is 0 Å². The molecule has 1 amide bonds. The number of aryl methyl sites for hydroxylation is 1. The van der Waals surface area contributed by atoms with Crippen LogP contribution in [0, 0.1) is 6.92 Å². The molecule has 4 nitrogen and oxygen atoms in total. The molecule has 0 bridgehead atoms. The number of rotatable bonds is 10. The predicted octanol–water partition coefficient (Wildman–Crippen LogP) is 4.58. The maximum atomic E-state index is 12.7. The third kappa shape index (κ3) is 5.93. The molecule has 0 saturated heterocycles. The van der Waals surface area contributed by atoms with Gasteiger partial charge in [-0.2, -0.15) is 0 Å². The number of benzene rings is 2. The smallest absolute Gasteiger partial charge is 0.249 e. The van der Waals surface area contributed by atoms with Gasteiger partial charge in [-0.1, -0.05) is 60.7 Å². The highest BCUT2D eigenvalue weighted by Crippen LogP contribution is 2.14. The summed E-state index contributed by atoms with van der Waals surface area (Å²) in [6, 6.07) is 22.3. The van der Waals surface area contributed by atoms with Crippen LogP contribution in [0.4, 0.5) is 0 Å². The minimum Gasteiger partial charge on any atom is -0.367 e. The molecule has 0 aliphatic carbocycles. The molecule has 4 heteroatoms. The third-order valence-electron chi connectivity index (χ3n) is 4.92. The lowest BCUT2D eigenvalue weighted by Gasteiger charge is -2.22. The molecule has 0 spiro atoms. The molecule has 0 saturated carbocycles. The number of hydrogen-bond acceptors (Lipinski definition) is 2. The highest BCUT2D eigenvalue weighted by molar-refractivity contribution is 5.77. The first-order valence-electron chi connectivity index (χ1n) is 9.86. The number of carbonyl (C=O) groups is 1. The summed E-state index contributed by atoms with van der Waals surface area (Å²) in [7, 11) is 0. The molecule has 0 aliphatic rings. The summed E-state index contributed by atoms with van der Waals surface area (Å²) in [5.74, 6) is -0.0375. The van der Waals surface area contributed by atoms with E-state index in [0.717, 1.165) is 17.8 Å². The zero-order valence-electron chi connectivity index (χ0n) is 17.0. The van der Waals surface area contributed by atoms with Crippen molar-refractivity contribution in [1.29, 1.82) is 0 Å². The highest BCUT2D eigenvalue weighted by Gasteiger charge is 2.15. The second kappa shape index (κ2) is 10.4. The van der Waals surface area contributed by atoms with Gasteiger partial charge in [0.2, 0.25) is 5.91 Å². The van der Waals surface area contributed by atoms with Gasteiger partial charge in [-0.05, 0) is 35.7 Å². The van der Waals surface area contributed by atoms with Gasteiger partial charge in [-0.3, -0.25) is 4.79 Å². The molecule has 0 fully saturated rings. The van der Waals surface area contributed by atoms with Crippen LogP contribution in [0.3, 0.4) is 0 Å². The molecule has 0 atom stereocenters. The topological polar surface area (TPSA) is 34.5 Å². The van der Waals surface area contributed by atoms with Crippen molar-refractivity contribution in [2.45, 2.75) is 26.6 Å². The van der Waals surface area contributed by atoms with Crippen LogP contribution < -0.4 is 0 Å². The van der Waals surface area contributed by atoms with Crippen LogP contribution in [0.2, 0.25) is 0 Å². The maximum Gasteiger partial charge on any atom is 0.249 e. The maximum absolute atomic E-state index is 12.7. The lowest BCUT2D eigenvalue weighted by atomic mass is 10.1. The second-order valence-electron chi connectivity index (χ2n) is 7.10. The monoisotopic (exact) mass is 388 g/mol. The van der Waals surface area contributed by atoms with Crippen molar-refractivity contribution in [3.05, 3.63) is 108 Å². The van der Waals surface area contributed by atoms with Crippen LogP contribution >= 0.6 is 0 Å². The number of aromatic nitrogens is 1. The Morgan fingerprint density at radius 2 is 1.83 bits per heavy atom. The summed E-state index contributed by atoms with van der Waals surface area (Å²) in [4.78, 5) is 14.5. The summed E-state index contributed by atoms with van der Waals surface area (Å²) in [5, 5.41) is 0. The average Bonchev–Trinajstić information content (AvgIpc) is 3.17. The molecule has 0 aliphatic heterocycles. The quantitative estimate of drug-likeness (QED) is 0.477. The zero-order chi connectivity index (χ0) is 20.5. The van der Waals surface area contributed by atoms with E-state index in [9.17, 15) is 4.79 Å². The summed E-state index contributed by atoms with van der Waals surface area (Å²) < 4.78 is 7.83. The summed E-state index contributed by atoms with van der Waals surface area (Å²) in [6.07, 6.45) is 3.81. The number of ether oxygens (including phenoxy) is 1. The van der Waals surface area contributed by atoms with Gasteiger partial charge >= 0.3 is 0 Å². The highest BCUT2D eigenvalue weighted by atomic mass is 16.5. The van der Waals surface area contributed by atoms with Crippen molar-refractivity contribution in [3.8, 4) is 0 Å². The number of carbonyl (C=O) groups excluding carboxylic acids is 1. The molecule has 2 aromatic carbocycles. The number of nitrogens with zero attached hydrogens (tertiary/aromatic N) is 2. The van der Waals surface area contributed by atoms with Crippen LogP contribution in [0.25, 0.3) is 0 Å². The van der Waals surface area contributed by atoms with Gasteiger partial charge in [-0.25, -0.2) is 0 Å². The molecule has 0 N–H and O–H groups in total. The molecule has 150 valence electrons. The van der Waals surface area contributed by atoms with Crippen LogP contribution in [0.5, 0.6) is 0 Å². The molecule has 0 unspecified atom stereocenters. The van der Waals surface area contributed by atoms with E-state index in [1.54, 1.807) is 11.0 Å². The Kier molecular flexibility index (Phi) is 7.42. The Bertz CT molecular complexity index is 931. The molecule has 1 aromatic heterocycles. The molecule has 3 rings (SSSR count). The van der Waals surface area contributed by atoms with E-state index in [4.69, 9.17) is 4.74 Å². The predicted molar refractivity (Wildman–Crippen MR) is 116 cm³/mol. The fourth-order valence-corrected chi connectivity index (χ4v) is 3.25. The van der Waals surface area contributed by atoms with Gasteiger partial charge < -0.3 is 14.2 Å². The molecule has 3 aromatic rings. The molecule has 29 heavy (non-hydrogen) atoms. The summed E-state index contributed by atoms with van der Waals surface area (Å²) in [5.41, 5.74) is 4.69. The van der Waals surface area contributed by atoms with E-state index in [0.29, 0.717) is 19.7 Å². The standard InChI is InChI=1S/C25H28N2O2/c1-3-15-27(25(28)20-29-19-22-11-5-4-6-12-22)18-24-14-9-16-26(24)17-23-13-8-7-10-21(23)2/h3-14,16H,1,15,17-20H2,2H3. The van der Waals surface area contributed by atoms with E-state index < -0.39 is 0 Å². The zero-order valence-corrected chi connectivity index (χ0v) is 17.0. The van der Waals surface area contributed by atoms with Crippen LogP contribution in [0.1, 0.15) is 22.4 Å². The van der Waals surface area contributed by atoms with Crippen LogP contribution in [0.15, 0.2) is 85.6 Å². The normalized spacial score (nSPS) is 10.7. The number of amides is 1. The van der Waals surface area contributed by atoms with Gasteiger partial charge in [0.15, 0.2) is 0 Å². The molecular formula is C25H28N2O2. The lowest BCUT2D eigenvalue weighted by Crippen LogP contribution is -2.34. The van der Waals surface area contributed by atoms with E-state index in [1.807, 2.05) is 36.4 Å². The largest absolute Gasteiger partial charge is 0.367 e. The van der Waals surface area contributed by atoms with Crippen molar-refractivity contribution in [2.75, 3.05) is 13.2 Å². The van der Waals surface area contributed by atoms with Crippen molar-refractivity contribution in [2.24, 2.45) is 0 Å². The van der Waals surface area contributed by atoms with Gasteiger partial charge in [0.1, 0.15) is 6.61 Å². The Morgan fingerprint density at radius 3 is 2.59 bits per heavy atom. The van der Waals surface area contributed by atoms with Gasteiger partial charge in [0, 0.05) is 25.0 Å². The van der Waals surface area contributed by atoms with Crippen molar-refractivity contribution >= 4 is 5.91 Å². The first-order chi connectivity index (χ1) is 14.2. The van der Waals surface area contributed by atoms with E-state index in [2.05, 4.69) is 54.6 Å². The SMILES string of the molecule is C=CCN(Cc1cccn1Cc1ccccc1C)C(=O)COCc1ccccc1. The fourth-order valence-electron chi connectivity index (χ4n) is 3.25. The Labute approximate surface area is 173 Å². The Hall–Kier alpha value is -3.11. The van der Waals surface area contributed by atoms with E-state index in [1.165, 1.54) is 11.1 Å². The third-order valence-corrected chi connectivity index (χ3v) is 4.92. The lowest BCUT2D eigenvalue weighted by molar-refractivity contribution is -0.136. The van der Waals surface area contributed by atoms with Crippen molar-refractivity contribution in [1.82, 2.24) is 9.47 Å².